The molecule has 0 atom stereocenters. The van der Waals surface area contributed by atoms with E-state index in [4.69, 9.17) is 0 Å². The summed E-state index contributed by atoms with van der Waals surface area (Å²) in [5, 5.41) is 0. The van der Waals surface area contributed by atoms with Gasteiger partial charge in [0.05, 0.1) is 0 Å². The van der Waals surface area contributed by atoms with Crippen molar-refractivity contribution in [3.8, 4) is 0 Å². The number of allylic oxidation sites excluding steroid dienone is 1. The molecule has 0 spiro atoms. The number of hydrogen-bond donors (Lipinski definition) is 0. The first kappa shape index (κ1) is 15.8. The van der Waals surface area contributed by atoms with Gasteiger partial charge in [0.25, 0.3) is 0 Å². The fourth-order valence-corrected chi connectivity index (χ4v) is 8.54. The number of nitrogens with zero attached hydrogens (tertiary/aromatic N) is 2. The van der Waals surface area contributed by atoms with Gasteiger partial charge in [-0.3, -0.25) is 0 Å². The van der Waals surface area contributed by atoms with Gasteiger partial charge in [-0.05, 0) is 0 Å². The topological polar surface area (TPSA) is 15.6 Å². The summed E-state index contributed by atoms with van der Waals surface area (Å²) in [6, 6.07) is 0. The molecule has 0 aromatic carbocycles. The molecule has 0 heterocycles. The molecule has 0 unspecified atom stereocenters. The quantitative estimate of drug-likeness (QED) is 0.464. The molecule has 0 amide bonds. The van der Waals surface area contributed by atoms with Crippen molar-refractivity contribution in [3.63, 3.8) is 0 Å². The van der Waals surface area contributed by atoms with E-state index in [-0.39, 0.29) is 0 Å². The minimum atomic E-state index is -1.21. The predicted molar refractivity (Wildman–Crippen MR) is 76.5 cm³/mol. The normalized spacial score (nSPS) is 11.5. The van der Waals surface area contributed by atoms with E-state index in [2.05, 4.69) is 48.6 Å². The fraction of sp³-hybridized carbons (Fsp3) is 0.769. The van der Waals surface area contributed by atoms with Crippen molar-refractivity contribution in [2.45, 2.75) is 50.5 Å². The van der Waals surface area contributed by atoms with Crippen LogP contribution in [0.1, 0.15) is 40.5 Å². The Bertz CT molecular complexity index is 196. The fourth-order valence-electron chi connectivity index (χ4n) is 1.94. The van der Waals surface area contributed by atoms with Gasteiger partial charge >= 0.3 is 107 Å². The molecule has 92 valence electrons. The van der Waals surface area contributed by atoms with Crippen molar-refractivity contribution in [1.82, 2.24) is 3.61 Å². The van der Waals surface area contributed by atoms with Crippen LogP contribution in [0.25, 0.3) is 0 Å². The van der Waals surface area contributed by atoms with Crippen LogP contribution in [0.5, 0.6) is 0 Å². The molecule has 3 heteroatoms. The summed E-state index contributed by atoms with van der Waals surface area (Å²) in [7, 11) is 0. The average molecular weight is 281 g/mol. The van der Waals surface area contributed by atoms with Crippen molar-refractivity contribution in [3.05, 3.63) is 12.3 Å². The molecule has 0 aliphatic carbocycles. The summed E-state index contributed by atoms with van der Waals surface area (Å²) in [6.07, 6.45) is 9.00. The van der Waals surface area contributed by atoms with Gasteiger partial charge in [-0.15, -0.1) is 0 Å². The van der Waals surface area contributed by atoms with Crippen LogP contribution in [-0.4, -0.2) is 39.4 Å². The Labute approximate surface area is 107 Å². The summed E-state index contributed by atoms with van der Waals surface area (Å²) in [5.74, 6) is 0. The van der Waals surface area contributed by atoms with Gasteiger partial charge in [0.1, 0.15) is 0 Å². The summed E-state index contributed by atoms with van der Waals surface area (Å²) in [5.41, 5.74) is 0. The number of aliphatic imine (C=N–C) groups is 1. The van der Waals surface area contributed by atoms with Crippen LogP contribution in [0, 0.1) is 0 Å². The molecular weight excluding hydrogens is 254 g/mol. The molecule has 0 aromatic rings. The second-order valence-corrected chi connectivity index (χ2v) is 10.6. The van der Waals surface area contributed by atoms with E-state index in [0.29, 0.717) is 0 Å². The van der Waals surface area contributed by atoms with Crippen molar-refractivity contribution in [2.75, 3.05) is 13.1 Å². The second kappa shape index (κ2) is 11.3. The van der Waals surface area contributed by atoms with E-state index in [9.17, 15) is 0 Å². The Morgan fingerprint density at radius 2 is 1.69 bits per heavy atom. The Balaban J connectivity index is 4.28. The Hall–Kier alpha value is -0.154. The zero-order valence-corrected chi connectivity index (χ0v) is 13.9. The van der Waals surface area contributed by atoms with E-state index in [1.54, 1.807) is 0 Å². The third kappa shape index (κ3) is 7.17. The van der Waals surface area contributed by atoms with Gasteiger partial charge in [-0.25, -0.2) is 0 Å². The molecule has 0 N–H and O–H groups in total. The Morgan fingerprint density at radius 1 is 1.06 bits per heavy atom. The molecule has 16 heavy (non-hydrogen) atoms. The molecule has 0 saturated carbocycles. The Morgan fingerprint density at radius 3 is 2.12 bits per heavy atom. The van der Waals surface area contributed by atoms with Gasteiger partial charge in [-0.2, -0.15) is 0 Å². The van der Waals surface area contributed by atoms with Crippen LogP contribution in [0.3, 0.4) is 0 Å². The second-order valence-electron chi connectivity index (χ2n) is 4.05. The first-order chi connectivity index (χ1) is 7.79. The van der Waals surface area contributed by atoms with E-state index in [1.807, 2.05) is 6.21 Å². The molecule has 0 rings (SSSR count). The average Bonchev–Trinajstić information content (AvgIpc) is 2.29. The van der Waals surface area contributed by atoms with Gasteiger partial charge in [0, 0.05) is 0 Å². The van der Waals surface area contributed by atoms with Crippen LogP contribution in [-0.2, 0) is 0 Å². The molecule has 0 radical (unpaired) electrons. The maximum absolute atomic E-state index is 4.21. The monoisotopic (exact) mass is 280 g/mol. The van der Waals surface area contributed by atoms with Gasteiger partial charge < -0.3 is 0 Å². The van der Waals surface area contributed by atoms with E-state index >= 15 is 0 Å². The van der Waals surface area contributed by atoms with E-state index in [0.717, 1.165) is 6.54 Å². The summed E-state index contributed by atoms with van der Waals surface area (Å²) >= 11 is -1.21. The summed E-state index contributed by atoms with van der Waals surface area (Å²) in [6.45, 7) is 11.0. The molecule has 0 aliphatic heterocycles. The number of rotatable bonds is 9. The van der Waals surface area contributed by atoms with Crippen LogP contribution in [0.15, 0.2) is 17.3 Å². The molecule has 0 bridgehead atoms. The maximum atomic E-state index is 4.21. The van der Waals surface area contributed by atoms with Crippen molar-refractivity contribution in [2.24, 2.45) is 4.99 Å². The molecule has 0 saturated heterocycles. The minimum absolute atomic E-state index is 0.880. The standard InChI is InChI=1S/C7H13N2.2C3H7.Ga/c1-3-8-6-5-7-9-4-2;2*1-3-2;/h5-7H,3-4H2,1-2H3;2*1,3H2,2H3;/q-1;;;+1/b6-5-,9-7?;;;. The number of hydrogen-bond acceptors (Lipinski definition) is 2. The molecule has 0 aromatic heterocycles. The summed E-state index contributed by atoms with van der Waals surface area (Å²) < 4.78 is 2.63. The van der Waals surface area contributed by atoms with Crippen molar-refractivity contribution >= 4 is 22.7 Å². The SMILES string of the molecule is CC[CH2][Ga]([CH2]CC)[N](/C=C\C=NCC)CC. The van der Waals surface area contributed by atoms with Gasteiger partial charge in [-0.1, -0.05) is 0 Å². The first-order valence-electron chi connectivity index (χ1n) is 6.72. The third-order valence-corrected chi connectivity index (χ3v) is 11.0. The van der Waals surface area contributed by atoms with Crippen LogP contribution in [0.2, 0.25) is 9.95 Å². The van der Waals surface area contributed by atoms with Gasteiger partial charge in [0.15, 0.2) is 0 Å². The first-order valence-corrected chi connectivity index (χ1v) is 11.2. The molecular formula is C13H27GaN2. The van der Waals surface area contributed by atoms with Gasteiger partial charge in [0.2, 0.25) is 0 Å². The predicted octanol–water partition coefficient (Wildman–Crippen LogP) is 3.72. The van der Waals surface area contributed by atoms with Crippen LogP contribution < -0.4 is 0 Å². The zero-order chi connectivity index (χ0) is 12.2. The Kier molecular flexibility index (Phi) is 11.2. The molecule has 0 aliphatic rings. The van der Waals surface area contributed by atoms with Crippen molar-refractivity contribution < 1.29 is 0 Å². The van der Waals surface area contributed by atoms with Crippen LogP contribution >= 0.6 is 0 Å². The zero-order valence-electron chi connectivity index (χ0n) is 11.4. The van der Waals surface area contributed by atoms with E-state index < -0.39 is 16.5 Å². The summed E-state index contributed by atoms with van der Waals surface area (Å²) in [4.78, 5) is 7.16. The molecule has 2 nitrogen and oxygen atoms in total. The third-order valence-electron chi connectivity index (χ3n) is 2.73. The molecule has 0 fully saturated rings. The van der Waals surface area contributed by atoms with E-state index in [1.165, 1.54) is 29.3 Å². The van der Waals surface area contributed by atoms with Crippen molar-refractivity contribution in [1.29, 1.82) is 0 Å². The van der Waals surface area contributed by atoms with Crippen LogP contribution in [0.4, 0.5) is 0 Å².